The van der Waals surface area contributed by atoms with Crippen LogP contribution < -0.4 is 16.0 Å². The van der Waals surface area contributed by atoms with Crippen LogP contribution in [0.2, 0.25) is 0 Å². The topological polar surface area (TPSA) is 80.7 Å². The van der Waals surface area contributed by atoms with Crippen molar-refractivity contribution in [3.63, 3.8) is 0 Å². The lowest BCUT2D eigenvalue weighted by atomic mass is 10.4. The maximum atomic E-state index is 5.65. The molecule has 0 fully saturated rings. The van der Waals surface area contributed by atoms with E-state index in [0.717, 1.165) is 13.0 Å². The van der Waals surface area contributed by atoms with Crippen LogP contribution >= 0.6 is 0 Å². The number of rotatable bonds is 6. The average molecular weight is 250 g/mol. The van der Waals surface area contributed by atoms with Crippen LogP contribution in [0, 0.1) is 0 Å². The van der Waals surface area contributed by atoms with Gasteiger partial charge in [-0.15, -0.1) is 0 Å². The molecular formula is C11H18N6O. The molecule has 0 saturated carbocycles. The van der Waals surface area contributed by atoms with Crippen molar-refractivity contribution in [3.05, 3.63) is 18.6 Å². The summed E-state index contributed by atoms with van der Waals surface area (Å²) in [7, 11) is 4.06. The number of hydrogen-bond acceptors (Lipinski definition) is 6. The Kier molecular flexibility index (Phi) is 3.96. The van der Waals surface area contributed by atoms with Gasteiger partial charge in [0.1, 0.15) is 0 Å². The molecule has 98 valence electrons. The molecule has 0 aliphatic heterocycles. The van der Waals surface area contributed by atoms with E-state index in [9.17, 15) is 0 Å². The lowest BCUT2D eigenvalue weighted by Gasteiger charge is -2.11. The van der Waals surface area contributed by atoms with Crippen molar-refractivity contribution in [1.29, 1.82) is 0 Å². The SMILES string of the molecule is CN(C)CCCOc1nc(NN)cn2ccnc12. The molecule has 2 heterocycles. The third-order valence-electron chi connectivity index (χ3n) is 2.48. The van der Waals surface area contributed by atoms with Gasteiger partial charge in [-0.05, 0) is 20.5 Å². The molecule has 2 aromatic rings. The molecule has 0 saturated heterocycles. The van der Waals surface area contributed by atoms with Gasteiger partial charge in [0.25, 0.3) is 5.88 Å². The smallest absolute Gasteiger partial charge is 0.260 e. The first-order valence-corrected chi connectivity index (χ1v) is 5.78. The summed E-state index contributed by atoms with van der Waals surface area (Å²) in [5, 5.41) is 0. The fourth-order valence-electron chi connectivity index (χ4n) is 1.62. The van der Waals surface area contributed by atoms with E-state index >= 15 is 0 Å². The number of aromatic nitrogens is 3. The first-order valence-electron chi connectivity index (χ1n) is 5.78. The van der Waals surface area contributed by atoms with E-state index in [4.69, 9.17) is 10.6 Å². The van der Waals surface area contributed by atoms with Crippen LogP contribution in [-0.4, -0.2) is 46.5 Å². The molecule has 3 N–H and O–H groups in total. The Morgan fingerprint density at radius 3 is 3.06 bits per heavy atom. The molecule has 18 heavy (non-hydrogen) atoms. The highest BCUT2D eigenvalue weighted by Gasteiger charge is 2.08. The second-order valence-electron chi connectivity index (χ2n) is 4.24. The van der Waals surface area contributed by atoms with Crippen LogP contribution in [0.4, 0.5) is 5.82 Å². The van der Waals surface area contributed by atoms with Crippen LogP contribution in [0.1, 0.15) is 6.42 Å². The zero-order valence-corrected chi connectivity index (χ0v) is 10.6. The van der Waals surface area contributed by atoms with Crippen molar-refractivity contribution in [1.82, 2.24) is 19.3 Å². The first kappa shape index (κ1) is 12.6. The number of fused-ring (bicyclic) bond motifs is 1. The van der Waals surface area contributed by atoms with Crippen LogP contribution in [0.25, 0.3) is 5.65 Å². The summed E-state index contributed by atoms with van der Waals surface area (Å²) < 4.78 is 7.48. The van der Waals surface area contributed by atoms with E-state index in [0.29, 0.717) is 24.0 Å². The van der Waals surface area contributed by atoms with E-state index in [1.54, 1.807) is 12.4 Å². The van der Waals surface area contributed by atoms with Crippen molar-refractivity contribution in [2.45, 2.75) is 6.42 Å². The number of anilines is 1. The standard InChI is InChI=1S/C11H18N6O/c1-16(2)5-3-7-18-11-10-13-4-6-17(10)8-9(14-11)15-12/h4,6,8,15H,3,5,7,12H2,1-2H3. The number of hydrogen-bond donors (Lipinski definition) is 2. The van der Waals surface area contributed by atoms with E-state index < -0.39 is 0 Å². The number of nitrogen functional groups attached to an aromatic ring is 1. The van der Waals surface area contributed by atoms with Gasteiger partial charge in [-0.25, -0.2) is 10.8 Å². The van der Waals surface area contributed by atoms with E-state index in [1.807, 2.05) is 24.7 Å². The lowest BCUT2D eigenvalue weighted by molar-refractivity contribution is 0.275. The normalized spacial score (nSPS) is 11.1. The zero-order valence-electron chi connectivity index (χ0n) is 10.6. The Labute approximate surface area is 106 Å². The fourth-order valence-corrected chi connectivity index (χ4v) is 1.62. The Hall–Kier alpha value is -1.86. The van der Waals surface area contributed by atoms with Crippen LogP contribution in [0.5, 0.6) is 5.88 Å². The molecule has 0 bridgehead atoms. The van der Waals surface area contributed by atoms with Crippen LogP contribution in [0.3, 0.4) is 0 Å². The van der Waals surface area contributed by atoms with Crippen molar-refractivity contribution in [2.24, 2.45) is 5.84 Å². The van der Waals surface area contributed by atoms with E-state index in [2.05, 4.69) is 20.3 Å². The Balaban J connectivity index is 2.08. The van der Waals surface area contributed by atoms with Gasteiger partial charge in [-0.1, -0.05) is 0 Å². The molecule has 2 rings (SSSR count). The maximum Gasteiger partial charge on any atom is 0.260 e. The predicted octanol–water partition coefficient (Wildman–Crippen LogP) is 0.345. The third kappa shape index (κ3) is 2.88. The van der Waals surface area contributed by atoms with Gasteiger partial charge >= 0.3 is 0 Å². The number of ether oxygens (including phenoxy) is 1. The lowest BCUT2D eigenvalue weighted by Crippen LogP contribution is -2.16. The number of hydrazine groups is 1. The molecule has 0 amide bonds. The van der Waals surface area contributed by atoms with Crippen molar-refractivity contribution in [2.75, 3.05) is 32.7 Å². The van der Waals surface area contributed by atoms with Crippen LogP contribution in [-0.2, 0) is 0 Å². The largest absolute Gasteiger partial charge is 0.475 e. The summed E-state index contributed by atoms with van der Waals surface area (Å²) in [6.07, 6.45) is 6.21. The molecule has 7 heteroatoms. The highest BCUT2D eigenvalue weighted by Crippen LogP contribution is 2.18. The molecular weight excluding hydrogens is 232 g/mol. The number of imidazole rings is 1. The van der Waals surface area contributed by atoms with Gasteiger partial charge in [-0.2, -0.15) is 4.98 Å². The van der Waals surface area contributed by atoms with Crippen molar-refractivity contribution >= 4 is 11.5 Å². The monoisotopic (exact) mass is 250 g/mol. The molecule has 0 atom stereocenters. The summed E-state index contributed by atoms with van der Waals surface area (Å²) in [6.45, 7) is 1.57. The van der Waals surface area contributed by atoms with Crippen molar-refractivity contribution in [3.8, 4) is 5.88 Å². The van der Waals surface area contributed by atoms with Gasteiger partial charge in [0, 0.05) is 18.9 Å². The second-order valence-corrected chi connectivity index (χ2v) is 4.24. The maximum absolute atomic E-state index is 5.65. The average Bonchev–Trinajstić information content (AvgIpc) is 2.82. The minimum atomic E-state index is 0.495. The minimum Gasteiger partial charge on any atom is -0.475 e. The summed E-state index contributed by atoms with van der Waals surface area (Å²) in [6, 6.07) is 0. The van der Waals surface area contributed by atoms with Gasteiger partial charge < -0.3 is 15.1 Å². The Morgan fingerprint density at radius 1 is 1.50 bits per heavy atom. The summed E-state index contributed by atoms with van der Waals surface area (Å²) >= 11 is 0. The molecule has 0 spiro atoms. The fraction of sp³-hybridized carbons (Fsp3) is 0.455. The second kappa shape index (κ2) is 5.65. The third-order valence-corrected chi connectivity index (χ3v) is 2.48. The first-order chi connectivity index (χ1) is 8.70. The van der Waals surface area contributed by atoms with E-state index in [-0.39, 0.29) is 0 Å². The van der Waals surface area contributed by atoms with Gasteiger partial charge in [0.05, 0.1) is 12.8 Å². The molecule has 2 aromatic heterocycles. The summed E-state index contributed by atoms with van der Waals surface area (Å²) in [5.74, 6) is 6.40. The zero-order chi connectivity index (χ0) is 13.0. The Morgan fingerprint density at radius 2 is 2.33 bits per heavy atom. The van der Waals surface area contributed by atoms with E-state index in [1.165, 1.54) is 0 Å². The van der Waals surface area contributed by atoms with Gasteiger partial charge in [0.15, 0.2) is 5.82 Å². The van der Waals surface area contributed by atoms with Gasteiger partial charge in [-0.3, -0.25) is 4.40 Å². The Bertz CT molecular complexity index is 509. The summed E-state index contributed by atoms with van der Waals surface area (Å²) in [4.78, 5) is 10.6. The van der Waals surface area contributed by atoms with Gasteiger partial charge in [0.2, 0.25) is 5.65 Å². The number of nitrogens with one attached hydrogen (secondary N) is 1. The summed E-state index contributed by atoms with van der Waals surface area (Å²) in [5.41, 5.74) is 3.20. The highest BCUT2D eigenvalue weighted by atomic mass is 16.5. The van der Waals surface area contributed by atoms with Crippen LogP contribution in [0.15, 0.2) is 18.6 Å². The predicted molar refractivity (Wildman–Crippen MR) is 69.5 cm³/mol. The quantitative estimate of drug-likeness (QED) is 0.437. The molecule has 0 radical (unpaired) electrons. The minimum absolute atomic E-state index is 0.495. The molecule has 0 aromatic carbocycles. The molecule has 7 nitrogen and oxygen atoms in total. The highest BCUT2D eigenvalue weighted by molar-refractivity contribution is 5.53. The number of nitrogens with two attached hydrogens (primary N) is 1. The van der Waals surface area contributed by atoms with Crippen molar-refractivity contribution < 1.29 is 4.74 Å². The molecule has 0 unspecified atom stereocenters. The number of nitrogens with zero attached hydrogens (tertiary/aromatic N) is 4. The molecule has 0 aliphatic carbocycles. The molecule has 0 aliphatic rings.